The van der Waals surface area contributed by atoms with E-state index in [1.165, 1.54) is 82.4 Å². The SMILES string of the molecule is C(OCC1CO1)C1CO1.CCCCCCCCCCCCS.Oc1cccc(O)c1. The van der Waals surface area contributed by atoms with Crippen molar-refractivity contribution in [3.05, 3.63) is 24.3 Å². The molecule has 3 rings (SSSR count). The second-order valence-corrected chi connectivity index (χ2v) is 8.32. The maximum Gasteiger partial charge on any atom is 0.119 e. The van der Waals surface area contributed by atoms with Gasteiger partial charge in [0.2, 0.25) is 0 Å². The van der Waals surface area contributed by atoms with E-state index >= 15 is 0 Å². The molecule has 1 aromatic carbocycles. The zero-order chi connectivity index (χ0) is 21.9. The second-order valence-electron chi connectivity index (χ2n) is 7.87. The largest absolute Gasteiger partial charge is 0.508 e. The van der Waals surface area contributed by atoms with Crippen molar-refractivity contribution in [2.45, 2.75) is 83.3 Å². The molecule has 0 radical (unpaired) electrons. The van der Waals surface area contributed by atoms with E-state index in [9.17, 15) is 0 Å². The van der Waals surface area contributed by atoms with Crippen molar-refractivity contribution in [1.82, 2.24) is 0 Å². The Labute approximate surface area is 188 Å². The number of hydrogen-bond donors (Lipinski definition) is 3. The smallest absolute Gasteiger partial charge is 0.119 e. The fourth-order valence-electron chi connectivity index (χ4n) is 2.75. The molecule has 2 aliphatic heterocycles. The van der Waals surface area contributed by atoms with Crippen LogP contribution in [0.15, 0.2) is 24.3 Å². The highest BCUT2D eigenvalue weighted by Gasteiger charge is 2.26. The van der Waals surface area contributed by atoms with Crippen molar-refractivity contribution in [2.24, 2.45) is 0 Å². The van der Waals surface area contributed by atoms with Crippen LogP contribution in [-0.4, -0.2) is 54.6 Å². The predicted octanol–water partition coefficient (Wildman–Crippen LogP) is 5.74. The molecule has 2 aliphatic rings. The van der Waals surface area contributed by atoms with Gasteiger partial charge in [-0.25, -0.2) is 0 Å². The number of benzene rings is 1. The summed E-state index contributed by atoms with van der Waals surface area (Å²) in [5.74, 6) is 1.24. The summed E-state index contributed by atoms with van der Waals surface area (Å²) < 4.78 is 15.1. The summed E-state index contributed by atoms with van der Waals surface area (Å²) in [5.41, 5.74) is 0. The van der Waals surface area contributed by atoms with Crippen LogP contribution in [0.5, 0.6) is 11.5 Å². The van der Waals surface area contributed by atoms with E-state index in [-0.39, 0.29) is 11.5 Å². The first-order valence-corrected chi connectivity index (χ1v) is 12.2. The molecule has 2 heterocycles. The van der Waals surface area contributed by atoms with E-state index in [4.69, 9.17) is 24.4 Å². The summed E-state index contributed by atoms with van der Waals surface area (Å²) in [4.78, 5) is 0. The van der Waals surface area contributed by atoms with Gasteiger partial charge < -0.3 is 24.4 Å². The average molecular weight is 443 g/mol. The third-order valence-corrected chi connectivity index (χ3v) is 5.07. The van der Waals surface area contributed by atoms with Crippen molar-refractivity contribution in [3.63, 3.8) is 0 Å². The Morgan fingerprint density at radius 1 is 0.833 bits per heavy atom. The highest BCUT2D eigenvalue weighted by atomic mass is 32.1. The molecule has 2 atom stereocenters. The first-order chi connectivity index (χ1) is 14.7. The molecule has 0 aromatic heterocycles. The summed E-state index contributed by atoms with van der Waals surface area (Å²) in [6.45, 7) is 5.54. The first-order valence-electron chi connectivity index (χ1n) is 11.6. The molecule has 5 nitrogen and oxygen atoms in total. The normalized spacial score (nSPS) is 18.6. The predicted molar refractivity (Wildman–Crippen MR) is 126 cm³/mol. The van der Waals surface area contributed by atoms with E-state index in [1.807, 2.05) is 0 Å². The molecule has 30 heavy (non-hydrogen) atoms. The standard InChI is InChI=1S/C12H26S.C6H10O3.C6H6O2/c1-2-3-4-5-6-7-8-9-10-11-12-13;1(5-3-8-5)7-2-6-4-9-6;7-5-2-1-3-6(8)4-5/h13H,2-12H2,1H3;5-6H,1-4H2;1-4,7-8H. The van der Waals surface area contributed by atoms with Crippen molar-refractivity contribution < 1.29 is 24.4 Å². The fraction of sp³-hybridized carbons (Fsp3) is 0.750. The summed E-state index contributed by atoms with van der Waals surface area (Å²) in [6, 6.07) is 5.85. The lowest BCUT2D eigenvalue weighted by Gasteiger charge is -2.00. The molecular weight excluding hydrogens is 400 g/mol. The molecule has 0 bridgehead atoms. The van der Waals surface area contributed by atoms with E-state index in [1.54, 1.807) is 6.07 Å². The monoisotopic (exact) mass is 442 g/mol. The molecule has 2 saturated heterocycles. The Kier molecular flexibility index (Phi) is 17.0. The van der Waals surface area contributed by atoms with Crippen molar-refractivity contribution in [1.29, 1.82) is 0 Å². The lowest BCUT2D eigenvalue weighted by atomic mass is 10.1. The molecule has 0 saturated carbocycles. The number of ether oxygens (including phenoxy) is 3. The summed E-state index contributed by atoms with van der Waals surface area (Å²) in [5, 5.41) is 17.3. The molecule has 0 spiro atoms. The molecule has 2 fully saturated rings. The van der Waals surface area contributed by atoms with Crippen LogP contribution in [0.25, 0.3) is 0 Å². The van der Waals surface area contributed by atoms with E-state index in [0.29, 0.717) is 12.2 Å². The molecule has 2 N–H and O–H groups in total. The number of phenolic OH excluding ortho intramolecular Hbond substituents is 2. The fourth-order valence-corrected chi connectivity index (χ4v) is 2.98. The molecule has 1 aromatic rings. The van der Waals surface area contributed by atoms with Gasteiger partial charge in [-0.3, -0.25) is 0 Å². The lowest BCUT2D eigenvalue weighted by molar-refractivity contribution is 0.102. The summed E-state index contributed by atoms with van der Waals surface area (Å²) in [7, 11) is 0. The molecule has 0 aliphatic carbocycles. The third-order valence-electron chi connectivity index (χ3n) is 4.75. The number of hydrogen-bond acceptors (Lipinski definition) is 6. The van der Waals surface area contributed by atoms with Crippen LogP contribution < -0.4 is 0 Å². The van der Waals surface area contributed by atoms with Crippen LogP contribution in [0, 0.1) is 0 Å². The minimum atomic E-state index is 0.0880. The van der Waals surface area contributed by atoms with Gasteiger partial charge in [0.05, 0.1) is 26.4 Å². The molecule has 6 heteroatoms. The first kappa shape index (κ1) is 27.1. The van der Waals surface area contributed by atoms with Crippen molar-refractivity contribution in [2.75, 3.05) is 32.2 Å². The highest BCUT2D eigenvalue weighted by molar-refractivity contribution is 7.80. The van der Waals surface area contributed by atoms with E-state index in [2.05, 4.69) is 19.6 Å². The van der Waals surface area contributed by atoms with E-state index in [0.717, 1.165) is 32.2 Å². The number of aromatic hydroxyl groups is 2. The second kappa shape index (κ2) is 18.8. The maximum absolute atomic E-state index is 8.65. The Hall–Kier alpha value is -0.950. The average Bonchev–Trinajstić information content (AvgIpc) is 3.64. The molecular formula is C24H42O5S. The van der Waals surface area contributed by atoms with Gasteiger partial charge in [0, 0.05) is 6.07 Å². The van der Waals surface area contributed by atoms with Gasteiger partial charge in [-0.15, -0.1) is 0 Å². The van der Waals surface area contributed by atoms with Crippen LogP contribution in [0.2, 0.25) is 0 Å². The number of phenols is 2. The number of thiol groups is 1. The van der Waals surface area contributed by atoms with Gasteiger partial charge >= 0.3 is 0 Å². The minimum absolute atomic E-state index is 0.0880. The van der Waals surface area contributed by atoms with Crippen molar-refractivity contribution in [3.8, 4) is 11.5 Å². The van der Waals surface area contributed by atoms with Crippen molar-refractivity contribution >= 4 is 12.6 Å². The Bertz CT molecular complexity index is 467. The molecule has 174 valence electrons. The van der Waals surface area contributed by atoms with Gasteiger partial charge in [-0.1, -0.05) is 70.8 Å². The van der Waals surface area contributed by atoms with Gasteiger partial charge in [0.1, 0.15) is 23.7 Å². The summed E-state index contributed by atoms with van der Waals surface area (Å²) in [6.07, 6.45) is 15.0. The molecule has 2 unspecified atom stereocenters. The Morgan fingerprint density at radius 2 is 1.27 bits per heavy atom. The van der Waals surface area contributed by atoms with Gasteiger partial charge in [0.15, 0.2) is 0 Å². The van der Waals surface area contributed by atoms with Gasteiger partial charge in [-0.2, -0.15) is 12.6 Å². The zero-order valence-corrected chi connectivity index (χ0v) is 19.5. The van der Waals surface area contributed by atoms with Gasteiger partial charge in [0.25, 0.3) is 0 Å². The van der Waals surface area contributed by atoms with Gasteiger partial charge in [-0.05, 0) is 24.3 Å². The van der Waals surface area contributed by atoms with Crippen LogP contribution in [0.3, 0.4) is 0 Å². The summed E-state index contributed by atoms with van der Waals surface area (Å²) >= 11 is 4.20. The van der Waals surface area contributed by atoms with Crippen LogP contribution in [-0.2, 0) is 14.2 Å². The Morgan fingerprint density at radius 3 is 1.60 bits per heavy atom. The minimum Gasteiger partial charge on any atom is -0.508 e. The maximum atomic E-state index is 8.65. The number of unbranched alkanes of at least 4 members (excludes halogenated alkanes) is 9. The highest BCUT2D eigenvalue weighted by Crippen LogP contribution is 2.15. The zero-order valence-electron chi connectivity index (χ0n) is 18.6. The quantitative estimate of drug-likeness (QED) is 0.195. The van der Waals surface area contributed by atoms with Crippen LogP contribution >= 0.6 is 12.6 Å². The van der Waals surface area contributed by atoms with Crippen LogP contribution in [0.4, 0.5) is 0 Å². The topological polar surface area (TPSA) is 74.8 Å². The number of rotatable bonds is 14. The van der Waals surface area contributed by atoms with Crippen LogP contribution in [0.1, 0.15) is 71.1 Å². The lowest BCUT2D eigenvalue weighted by Crippen LogP contribution is -2.06. The molecule has 0 amide bonds. The Balaban J connectivity index is 0.000000232. The third kappa shape index (κ3) is 19.0. The number of epoxide rings is 2. The van der Waals surface area contributed by atoms with E-state index < -0.39 is 0 Å².